The van der Waals surface area contributed by atoms with E-state index in [1.165, 1.54) is 25.3 Å². The van der Waals surface area contributed by atoms with E-state index in [0.29, 0.717) is 12.0 Å². The molecule has 0 unspecified atom stereocenters. The smallest absolute Gasteiger partial charge is 0.127 e. The van der Waals surface area contributed by atoms with Gasteiger partial charge in [-0.2, -0.15) is 0 Å². The van der Waals surface area contributed by atoms with Gasteiger partial charge >= 0.3 is 0 Å². The summed E-state index contributed by atoms with van der Waals surface area (Å²) in [7, 11) is 0. The molecular weight excluding hydrogens is 205 g/mol. The van der Waals surface area contributed by atoms with Gasteiger partial charge in [-0.1, -0.05) is 13.3 Å². The first-order chi connectivity index (χ1) is 7.57. The van der Waals surface area contributed by atoms with E-state index in [4.69, 9.17) is 0 Å². The lowest BCUT2D eigenvalue weighted by Crippen LogP contribution is -2.36. The van der Waals surface area contributed by atoms with Crippen LogP contribution < -0.4 is 5.32 Å². The Balaban J connectivity index is 1.84. The first kappa shape index (κ1) is 11.4. The summed E-state index contributed by atoms with van der Waals surface area (Å²) in [6.07, 6.45) is 3.86. The number of phenols is 1. The zero-order valence-electron chi connectivity index (χ0n) is 9.59. The van der Waals surface area contributed by atoms with Gasteiger partial charge in [0.2, 0.25) is 0 Å². The van der Waals surface area contributed by atoms with Crippen molar-refractivity contribution in [3.63, 3.8) is 0 Å². The number of phenolic OH excluding ortho intramolecular Hbond substituents is 1. The zero-order chi connectivity index (χ0) is 11.6. The molecule has 2 rings (SSSR count). The first-order valence-corrected chi connectivity index (χ1v) is 5.77. The van der Waals surface area contributed by atoms with Crippen LogP contribution >= 0.6 is 0 Å². The second-order valence-corrected chi connectivity index (χ2v) is 5.09. The Bertz CT molecular complexity index is 354. The van der Waals surface area contributed by atoms with Crippen molar-refractivity contribution in [3.05, 3.63) is 29.6 Å². The average molecular weight is 223 g/mol. The van der Waals surface area contributed by atoms with Crippen molar-refractivity contribution in [2.45, 2.75) is 32.7 Å². The van der Waals surface area contributed by atoms with Gasteiger partial charge < -0.3 is 10.4 Å². The molecule has 2 N–H and O–H groups in total. The predicted octanol–water partition coefficient (Wildman–Crippen LogP) is 2.81. The summed E-state index contributed by atoms with van der Waals surface area (Å²) in [5.74, 6) is -0.390. The molecule has 16 heavy (non-hydrogen) atoms. The Morgan fingerprint density at radius 1 is 1.38 bits per heavy atom. The molecule has 0 atom stereocenters. The second kappa shape index (κ2) is 4.42. The van der Waals surface area contributed by atoms with Crippen LogP contribution in [0.5, 0.6) is 5.75 Å². The first-order valence-electron chi connectivity index (χ1n) is 5.77. The highest BCUT2D eigenvalue weighted by Crippen LogP contribution is 2.39. The van der Waals surface area contributed by atoms with Gasteiger partial charge in [0.15, 0.2) is 0 Å². The van der Waals surface area contributed by atoms with Crippen molar-refractivity contribution < 1.29 is 9.50 Å². The minimum absolute atomic E-state index is 0.00773. The molecule has 0 aliphatic heterocycles. The van der Waals surface area contributed by atoms with Crippen molar-refractivity contribution in [2.75, 3.05) is 6.54 Å². The maximum Gasteiger partial charge on any atom is 0.127 e. The second-order valence-electron chi connectivity index (χ2n) is 5.09. The van der Waals surface area contributed by atoms with E-state index >= 15 is 0 Å². The van der Waals surface area contributed by atoms with Crippen LogP contribution in [0.4, 0.5) is 4.39 Å². The van der Waals surface area contributed by atoms with E-state index in [0.717, 1.165) is 18.2 Å². The van der Waals surface area contributed by atoms with Crippen LogP contribution in [-0.4, -0.2) is 11.7 Å². The standard InChI is InChI=1S/C13H18FNO/c1-13(3-2-4-13)9-15-8-10-5-11(14)7-12(16)6-10/h5-7,15-16H,2-4,8-9H2,1H3. The Morgan fingerprint density at radius 3 is 2.69 bits per heavy atom. The molecule has 1 aliphatic carbocycles. The summed E-state index contributed by atoms with van der Waals surface area (Å²) < 4.78 is 13.0. The van der Waals surface area contributed by atoms with E-state index in [-0.39, 0.29) is 11.6 Å². The fourth-order valence-electron chi connectivity index (χ4n) is 2.20. The quantitative estimate of drug-likeness (QED) is 0.822. The fourth-order valence-corrected chi connectivity index (χ4v) is 2.20. The molecule has 0 heterocycles. The number of nitrogens with one attached hydrogen (secondary N) is 1. The van der Waals surface area contributed by atoms with Gasteiger partial charge in [-0.25, -0.2) is 4.39 Å². The summed E-state index contributed by atoms with van der Waals surface area (Å²) in [5, 5.41) is 12.6. The number of halogens is 1. The topological polar surface area (TPSA) is 32.3 Å². The summed E-state index contributed by atoms with van der Waals surface area (Å²) in [4.78, 5) is 0. The van der Waals surface area contributed by atoms with Gasteiger partial charge in [-0.05, 0) is 36.0 Å². The van der Waals surface area contributed by atoms with Gasteiger partial charge in [0.1, 0.15) is 11.6 Å². The Kier molecular flexibility index (Phi) is 3.15. The van der Waals surface area contributed by atoms with Gasteiger partial charge in [0.25, 0.3) is 0 Å². The lowest BCUT2D eigenvalue weighted by atomic mass is 9.70. The van der Waals surface area contributed by atoms with Crippen LogP contribution in [0.1, 0.15) is 31.7 Å². The molecule has 88 valence electrons. The Morgan fingerprint density at radius 2 is 2.12 bits per heavy atom. The molecular formula is C13H18FNO. The number of hydrogen-bond acceptors (Lipinski definition) is 2. The summed E-state index contributed by atoms with van der Waals surface area (Å²) in [6, 6.07) is 4.17. The summed E-state index contributed by atoms with van der Waals surface area (Å²) in [5.41, 5.74) is 1.22. The maximum atomic E-state index is 13.0. The van der Waals surface area contributed by atoms with E-state index < -0.39 is 0 Å². The van der Waals surface area contributed by atoms with Crippen LogP contribution in [-0.2, 0) is 6.54 Å². The molecule has 1 aromatic carbocycles. The van der Waals surface area contributed by atoms with Gasteiger partial charge in [-0.15, -0.1) is 0 Å². The molecule has 0 amide bonds. The third-order valence-corrected chi connectivity index (χ3v) is 3.38. The molecule has 1 saturated carbocycles. The normalized spacial score (nSPS) is 18.1. The monoisotopic (exact) mass is 223 g/mol. The summed E-state index contributed by atoms with van der Waals surface area (Å²) in [6.45, 7) is 3.84. The maximum absolute atomic E-state index is 13.0. The van der Waals surface area contributed by atoms with E-state index in [9.17, 15) is 9.50 Å². The molecule has 3 heteroatoms. The summed E-state index contributed by atoms with van der Waals surface area (Å²) >= 11 is 0. The largest absolute Gasteiger partial charge is 0.508 e. The minimum atomic E-state index is -0.383. The number of hydrogen-bond donors (Lipinski definition) is 2. The van der Waals surface area contributed by atoms with E-state index in [1.54, 1.807) is 6.07 Å². The van der Waals surface area contributed by atoms with Gasteiger partial charge in [-0.3, -0.25) is 0 Å². The van der Waals surface area contributed by atoms with Gasteiger partial charge in [0.05, 0.1) is 0 Å². The number of rotatable bonds is 4. The van der Waals surface area contributed by atoms with Crippen LogP contribution in [0.3, 0.4) is 0 Å². The van der Waals surface area contributed by atoms with Crippen molar-refractivity contribution >= 4 is 0 Å². The molecule has 0 spiro atoms. The van der Waals surface area contributed by atoms with Crippen LogP contribution in [0.15, 0.2) is 18.2 Å². The van der Waals surface area contributed by atoms with E-state index in [1.807, 2.05) is 0 Å². The molecule has 1 fully saturated rings. The van der Waals surface area contributed by atoms with Crippen LogP contribution in [0.25, 0.3) is 0 Å². The van der Waals surface area contributed by atoms with Gasteiger partial charge in [0, 0.05) is 19.2 Å². The predicted molar refractivity (Wildman–Crippen MR) is 61.7 cm³/mol. The fraction of sp³-hybridized carbons (Fsp3) is 0.538. The zero-order valence-corrected chi connectivity index (χ0v) is 9.59. The molecule has 1 aromatic rings. The number of benzene rings is 1. The van der Waals surface area contributed by atoms with Crippen LogP contribution in [0.2, 0.25) is 0 Å². The van der Waals surface area contributed by atoms with Crippen molar-refractivity contribution in [3.8, 4) is 5.75 Å². The molecule has 1 aliphatic rings. The average Bonchev–Trinajstić information content (AvgIpc) is 2.13. The Labute approximate surface area is 95.5 Å². The van der Waals surface area contributed by atoms with Crippen molar-refractivity contribution in [2.24, 2.45) is 5.41 Å². The molecule has 2 nitrogen and oxygen atoms in total. The lowest BCUT2D eigenvalue weighted by molar-refractivity contribution is 0.156. The molecule has 0 bridgehead atoms. The number of aromatic hydroxyl groups is 1. The highest BCUT2D eigenvalue weighted by molar-refractivity contribution is 5.28. The molecule has 0 saturated heterocycles. The Hall–Kier alpha value is -1.09. The highest BCUT2D eigenvalue weighted by Gasteiger charge is 2.30. The molecule has 0 radical (unpaired) electrons. The third-order valence-electron chi connectivity index (χ3n) is 3.38. The SMILES string of the molecule is CC1(CNCc2cc(O)cc(F)c2)CCC1. The lowest BCUT2D eigenvalue weighted by Gasteiger charge is -2.38. The van der Waals surface area contributed by atoms with Crippen LogP contribution in [0, 0.1) is 11.2 Å². The molecule has 0 aromatic heterocycles. The minimum Gasteiger partial charge on any atom is -0.508 e. The highest BCUT2D eigenvalue weighted by atomic mass is 19.1. The van der Waals surface area contributed by atoms with E-state index in [2.05, 4.69) is 12.2 Å². The third kappa shape index (κ3) is 2.73. The van der Waals surface area contributed by atoms with Crippen molar-refractivity contribution in [1.29, 1.82) is 0 Å². The van der Waals surface area contributed by atoms with Crippen molar-refractivity contribution in [1.82, 2.24) is 5.32 Å².